The van der Waals surface area contributed by atoms with Crippen LogP contribution in [0.4, 0.5) is 0 Å². The van der Waals surface area contributed by atoms with Gasteiger partial charge >= 0.3 is 5.97 Å². The van der Waals surface area contributed by atoms with Gasteiger partial charge in [0, 0.05) is 11.6 Å². The normalized spacial score (nSPS) is 9.32. The largest absolute Gasteiger partial charge is 0.504 e. The van der Waals surface area contributed by atoms with Crippen LogP contribution >= 0.6 is 0 Å². The number of phenolic OH excluding ortho intramolecular Hbond substituents is 2. The van der Waals surface area contributed by atoms with Gasteiger partial charge in [-0.3, -0.25) is 0 Å². The number of aromatic hydroxyl groups is 2. The van der Waals surface area contributed by atoms with Crippen molar-refractivity contribution in [2.75, 3.05) is 6.61 Å². The quantitative estimate of drug-likeness (QED) is 0.510. The Morgan fingerprint density at radius 2 is 1.82 bits per heavy atom. The van der Waals surface area contributed by atoms with Crippen LogP contribution in [0, 0.1) is 0 Å². The molecule has 2 rings (SSSR count). The van der Waals surface area contributed by atoms with Crippen LogP contribution in [0.1, 0.15) is 13.3 Å². The third-order valence-electron chi connectivity index (χ3n) is 2.71. The smallest absolute Gasteiger partial charge is 0.330 e. The molecule has 0 aliphatic rings. The average Bonchev–Trinajstić information content (AvgIpc) is 2.56. The van der Waals surface area contributed by atoms with E-state index in [1.165, 1.54) is 6.07 Å². The highest BCUT2D eigenvalue weighted by atomic mass is 16.5. The summed E-state index contributed by atoms with van der Waals surface area (Å²) in [4.78, 5) is 10.2. The summed E-state index contributed by atoms with van der Waals surface area (Å²) in [5, 5.41) is 18.9. The standard InChI is InChI=1S/C12H10O2.C6H10O2/c13-11-8-4-7-10(12(11)14)9-5-2-1-3-6-9;1-3-5-8-6(7)4-2/h1-8,13-14H;4H,2-3,5H2,1H3. The first-order valence-electron chi connectivity index (χ1n) is 6.95. The summed E-state index contributed by atoms with van der Waals surface area (Å²) in [6.07, 6.45) is 2.02. The lowest BCUT2D eigenvalue weighted by Gasteiger charge is -2.05. The first-order valence-corrected chi connectivity index (χ1v) is 6.95. The van der Waals surface area contributed by atoms with Gasteiger partial charge in [0.05, 0.1) is 6.61 Å². The van der Waals surface area contributed by atoms with E-state index in [4.69, 9.17) is 0 Å². The Hall–Kier alpha value is -2.75. The molecule has 2 aromatic carbocycles. The Bertz CT molecular complexity index is 606. The van der Waals surface area contributed by atoms with Crippen molar-refractivity contribution in [2.45, 2.75) is 13.3 Å². The predicted octanol–water partition coefficient (Wildman–Crippen LogP) is 3.89. The van der Waals surface area contributed by atoms with Crippen LogP contribution in [-0.2, 0) is 9.53 Å². The molecule has 0 bridgehead atoms. The van der Waals surface area contributed by atoms with Crippen molar-refractivity contribution in [3.05, 3.63) is 61.2 Å². The van der Waals surface area contributed by atoms with E-state index in [2.05, 4.69) is 11.3 Å². The third kappa shape index (κ3) is 5.32. The van der Waals surface area contributed by atoms with Crippen LogP contribution in [0.5, 0.6) is 11.5 Å². The molecule has 0 aromatic heterocycles. The first-order chi connectivity index (χ1) is 10.6. The number of ether oxygens (including phenoxy) is 1. The van der Waals surface area contributed by atoms with E-state index < -0.39 is 0 Å². The van der Waals surface area contributed by atoms with Crippen molar-refractivity contribution < 1.29 is 19.7 Å². The number of para-hydroxylation sites is 1. The van der Waals surface area contributed by atoms with Crippen LogP contribution in [0.2, 0.25) is 0 Å². The van der Waals surface area contributed by atoms with Crippen molar-refractivity contribution in [3.63, 3.8) is 0 Å². The molecule has 116 valence electrons. The predicted molar refractivity (Wildman–Crippen MR) is 86.7 cm³/mol. The average molecular weight is 300 g/mol. The topological polar surface area (TPSA) is 66.8 Å². The lowest BCUT2D eigenvalue weighted by Crippen LogP contribution is -1.99. The second-order valence-electron chi connectivity index (χ2n) is 4.41. The summed E-state index contributed by atoms with van der Waals surface area (Å²) in [5.41, 5.74) is 1.53. The summed E-state index contributed by atoms with van der Waals surface area (Å²) in [7, 11) is 0. The molecule has 0 saturated heterocycles. The molecule has 0 radical (unpaired) electrons. The minimum Gasteiger partial charge on any atom is -0.504 e. The van der Waals surface area contributed by atoms with E-state index in [9.17, 15) is 15.0 Å². The van der Waals surface area contributed by atoms with Gasteiger partial charge in [-0.15, -0.1) is 0 Å². The molecule has 4 heteroatoms. The highest BCUT2D eigenvalue weighted by molar-refractivity contribution is 5.81. The molecule has 0 fully saturated rings. The fraction of sp³-hybridized carbons (Fsp3) is 0.167. The zero-order chi connectivity index (χ0) is 16.4. The maximum absolute atomic E-state index is 10.2. The molecule has 0 amide bonds. The second kappa shape index (κ2) is 9.23. The van der Waals surface area contributed by atoms with Crippen LogP contribution in [0.15, 0.2) is 61.2 Å². The van der Waals surface area contributed by atoms with E-state index in [1.54, 1.807) is 12.1 Å². The minimum absolute atomic E-state index is 0.0706. The Kier molecular flexibility index (Phi) is 7.26. The molecule has 0 unspecified atom stereocenters. The molecular formula is C18H20O4. The van der Waals surface area contributed by atoms with Crippen molar-refractivity contribution >= 4 is 5.97 Å². The van der Waals surface area contributed by atoms with Gasteiger partial charge in [0.1, 0.15) is 0 Å². The molecule has 0 aliphatic carbocycles. The molecule has 4 nitrogen and oxygen atoms in total. The zero-order valence-corrected chi connectivity index (χ0v) is 12.5. The molecule has 22 heavy (non-hydrogen) atoms. The van der Waals surface area contributed by atoms with Crippen LogP contribution in [0.3, 0.4) is 0 Å². The van der Waals surface area contributed by atoms with Crippen LogP contribution < -0.4 is 0 Å². The molecule has 0 aliphatic heterocycles. The third-order valence-corrected chi connectivity index (χ3v) is 2.71. The van der Waals surface area contributed by atoms with E-state index in [1.807, 2.05) is 37.3 Å². The maximum Gasteiger partial charge on any atom is 0.330 e. The summed E-state index contributed by atoms with van der Waals surface area (Å²) in [6, 6.07) is 14.4. The molecule has 2 aromatic rings. The summed E-state index contributed by atoms with van der Waals surface area (Å²) >= 11 is 0. The SMILES string of the molecule is C=CC(=O)OCCC.Oc1cccc(-c2ccccc2)c1O. The Balaban J connectivity index is 0.000000261. The zero-order valence-electron chi connectivity index (χ0n) is 12.5. The number of rotatable bonds is 4. The molecule has 0 spiro atoms. The van der Waals surface area contributed by atoms with Crippen LogP contribution in [-0.4, -0.2) is 22.8 Å². The highest BCUT2D eigenvalue weighted by Gasteiger charge is 2.06. The van der Waals surface area contributed by atoms with E-state index in [-0.39, 0.29) is 17.5 Å². The first kappa shape index (κ1) is 17.3. The number of carbonyl (C=O) groups is 1. The van der Waals surface area contributed by atoms with Gasteiger partial charge in [-0.25, -0.2) is 4.79 Å². The Morgan fingerprint density at radius 3 is 2.41 bits per heavy atom. The van der Waals surface area contributed by atoms with Gasteiger partial charge in [-0.2, -0.15) is 0 Å². The van der Waals surface area contributed by atoms with Gasteiger partial charge in [-0.05, 0) is 18.1 Å². The van der Waals surface area contributed by atoms with Crippen molar-refractivity contribution in [1.82, 2.24) is 0 Å². The summed E-state index contributed by atoms with van der Waals surface area (Å²) in [6.45, 7) is 5.67. The fourth-order valence-corrected chi connectivity index (χ4v) is 1.64. The van der Waals surface area contributed by atoms with Crippen molar-refractivity contribution in [3.8, 4) is 22.6 Å². The van der Waals surface area contributed by atoms with Gasteiger partial charge in [0.15, 0.2) is 11.5 Å². The molecule has 0 heterocycles. The maximum atomic E-state index is 10.2. The number of benzene rings is 2. The minimum atomic E-state index is -0.341. The number of hydrogen-bond donors (Lipinski definition) is 2. The second-order valence-corrected chi connectivity index (χ2v) is 4.41. The van der Waals surface area contributed by atoms with Gasteiger partial charge in [-0.1, -0.05) is 56.0 Å². The summed E-state index contributed by atoms with van der Waals surface area (Å²) in [5.74, 6) is -0.503. The highest BCUT2D eigenvalue weighted by Crippen LogP contribution is 2.35. The molecule has 0 saturated carbocycles. The van der Waals surface area contributed by atoms with Gasteiger partial charge in [0.2, 0.25) is 0 Å². The van der Waals surface area contributed by atoms with E-state index in [0.29, 0.717) is 12.2 Å². The number of phenols is 2. The molecule has 2 N–H and O–H groups in total. The van der Waals surface area contributed by atoms with Crippen molar-refractivity contribution in [2.24, 2.45) is 0 Å². The summed E-state index contributed by atoms with van der Waals surface area (Å²) < 4.78 is 4.58. The number of esters is 1. The Morgan fingerprint density at radius 1 is 1.14 bits per heavy atom. The fourth-order valence-electron chi connectivity index (χ4n) is 1.64. The van der Waals surface area contributed by atoms with Crippen LogP contribution in [0.25, 0.3) is 11.1 Å². The number of carbonyl (C=O) groups excluding carboxylic acids is 1. The molecular weight excluding hydrogens is 280 g/mol. The monoisotopic (exact) mass is 300 g/mol. The van der Waals surface area contributed by atoms with Crippen molar-refractivity contribution in [1.29, 1.82) is 0 Å². The van der Waals surface area contributed by atoms with E-state index in [0.717, 1.165) is 18.1 Å². The lowest BCUT2D eigenvalue weighted by molar-refractivity contribution is -0.137. The van der Waals surface area contributed by atoms with E-state index >= 15 is 0 Å². The Labute approximate surface area is 130 Å². The lowest BCUT2D eigenvalue weighted by atomic mass is 10.0. The van der Waals surface area contributed by atoms with Gasteiger partial charge in [0.25, 0.3) is 0 Å². The number of hydrogen-bond acceptors (Lipinski definition) is 4. The molecule has 0 atom stereocenters. The van der Waals surface area contributed by atoms with Gasteiger partial charge < -0.3 is 14.9 Å².